The molecule has 0 saturated carbocycles. The van der Waals surface area contributed by atoms with Gasteiger partial charge in [-0.1, -0.05) is 193 Å². The van der Waals surface area contributed by atoms with Crippen LogP contribution in [0.5, 0.6) is 46.0 Å². The van der Waals surface area contributed by atoms with Crippen LogP contribution >= 0.6 is 0 Å². The van der Waals surface area contributed by atoms with Crippen molar-refractivity contribution in [3.05, 3.63) is 522 Å². The van der Waals surface area contributed by atoms with Gasteiger partial charge in [0.25, 0.3) is 0 Å². The number of hydrogen-bond acceptors (Lipinski definition) is 16. The first-order valence-corrected chi connectivity index (χ1v) is 42.4. The Hall–Kier alpha value is -20.2. The number of esters is 8. The maximum absolute atomic E-state index is 13.6. The topological polar surface area (TPSA) is 210 Å². The van der Waals surface area contributed by atoms with E-state index < -0.39 is 58.6 Å². The van der Waals surface area contributed by atoms with Gasteiger partial charge in [0.15, 0.2) is 0 Å². The lowest BCUT2D eigenvalue weighted by Gasteiger charge is -2.37. The molecule has 138 heavy (non-hydrogen) atoms. The van der Waals surface area contributed by atoms with Gasteiger partial charge in [-0.15, -0.1) is 51.4 Å². The molecule has 0 aliphatic carbocycles. The van der Waals surface area contributed by atoms with E-state index in [0.29, 0.717) is 89.0 Å². The summed E-state index contributed by atoms with van der Waals surface area (Å²) in [5.74, 6) is 17.5. The van der Waals surface area contributed by atoms with Gasteiger partial charge in [-0.2, -0.15) is 0 Å². The van der Waals surface area contributed by atoms with Crippen molar-refractivity contribution in [3.63, 3.8) is 0 Å². The van der Waals surface area contributed by atoms with Gasteiger partial charge < -0.3 is 37.9 Å². The summed E-state index contributed by atoms with van der Waals surface area (Å²) in [5, 5.41) is 0. The van der Waals surface area contributed by atoms with Crippen molar-refractivity contribution in [2.75, 3.05) is 0 Å². The highest BCUT2D eigenvalue weighted by Gasteiger charge is 2.42. The van der Waals surface area contributed by atoms with Gasteiger partial charge in [-0.3, -0.25) is 0 Å². The van der Waals surface area contributed by atoms with Gasteiger partial charge >= 0.3 is 47.8 Å². The Morgan fingerprint density at radius 2 is 0.290 bits per heavy atom. The van der Waals surface area contributed by atoms with E-state index in [1.807, 2.05) is 48.5 Å². The Morgan fingerprint density at radius 3 is 0.457 bits per heavy atom. The number of carbonyl (C=O) groups excluding carboxylic acids is 8. The van der Waals surface area contributed by atoms with Crippen LogP contribution in [0.25, 0.3) is 0 Å². The number of ether oxygens (including phenoxy) is 8. The minimum absolute atomic E-state index is 0.241. The van der Waals surface area contributed by atoms with Crippen molar-refractivity contribution >= 4 is 47.8 Å². The number of terminal acetylenes is 8. The number of hydrogen-bond donors (Lipinski definition) is 0. The Morgan fingerprint density at radius 1 is 0.152 bits per heavy atom. The molecule has 16 aromatic carbocycles. The molecule has 0 aliphatic heterocycles. The summed E-state index contributed by atoms with van der Waals surface area (Å²) in [5.41, 5.74) is 9.30. The third-order valence-corrected chi connectivity index (χ3v) is 22.1. The lowest BCUT2D eigenvalue weighted by Crippen LogP contribution is -2.31. The van der Waals surface area contributed by atoms with E-state index in [1.165, 1.54) is 0 Å². The maximum atomic E-state index is 13.6. The average Bonchev–Trinajstić information content (AvgIpc) is 0.732. The van der Waals surface area contributed by atoms with Crippen molar-refractivity contribution in [1.82, 2.24) is 0 Å². The Balaban J connectivity index is 0.000000209. The van der Waals surface area contributed by atoms with Crippen molar-refractivity contribution in [2.24, 2.45) is 0 Å². The summed E-state index contributed by atoms with van der Waals surface area (Å²) in [6, 6.07) is 108. The van der Waals surface area contributed by atoms with E-state index in [4.69, 9.17) is 89.3 Å². The molecular formula is C122H72O16. The summed E-state index contributed by atoms with van der Waals surface area (Å²) >= 11 is 0. The smallest absolute Gasteiger partial charge is 0.343 e. The van der Waals surface area contributed by atoms with Gasteiger partial charge in [-0.05, 0) is 287 Å². The monoisotopic (exact) mass is 1790 g/mol. The maximum Gasteiger partial charge on any atom is 0.343 e. The van der Waals surface area contributed by atoms with Crippen LogP contribution in [0.1, 0.15) is 172 Å². The SMILES string of the molecule is C#Cc1cccc(C(=O)Oc2ccc(C(c3ccc(OC(=O)c4cccc(C#C)c4)cc3)(c3ccc(OC(=O)c4cccc(C#C)c4)cc3)c3ccc(OC(=O)c4cccc(C#C)c4)cc3)cc2)c1.C#Cc1cccc(OC(=O)c2ccc(C(c3ccc(C(=O)Oc4cccc(C#C)c4)cc3)(c3ccc(C(=O)Oc4cccc(C#C)c4)cc3)c3ccc(C(=O)Oc4cccc(C#C)c4)cc3)cc2)c1. The first kappa shape index (κ1) is 92.5. The molecular weight excluding hydrogens is 1720 g/mol. The van der Waals surface area contributed by atoms with Crippen LogP contribution in [-0.4, -0.2) is 47.8 Å². The zero-order chi connectivity index (χ0) is 96.7. The Kier molecular flexibility index (Phi) is 28.5. The summed E-state index contributed by atoms with van der Waals surface area (Å²) < 4.78 is 46.0. The second-order valence-corrected chi connectivity index (χ2v) is 30.6. The van der Waals surface area contributed by atoms with Gasteiger partial charge in [0, 0.05) is 44.5 Å². The van der Waals surface area contributed by atoms with Crippen molar-refractivity contribution in [1.29, 1.82) is 0 Å². The predicted octanol–water partition coefficient (Wildman–Crippen LogP) is 21.7. The Labute approximate surface area is 796 Å². The minimum Gasteiger partial charge on any atom is -0.423 e. The predicted molar refractivity (Wildman–Crippen MR) is 524 cm³/mol. The van der Waals surface area contributed by atoms with E-state index in [1.54, 1.807) is 340 Å². The summed E-state index contributed by atoms with van der Waals surface area (Å²) in [7, 11) is 0. The molecule has 0 unspecified atom stereocenters. The molecule has 0 amide bonds. The molecule has 16 rings (SSSR count). The molecule has 0 heterocycles. The average molecular weight is 1790 g/mol. The van der Waals surface area contributed by atoms with Crippen LogP contribution in [0.3, 0.4) is 0 Å². The summed E-state index contributed by atoms with van der Waals surface area (Å²) in [6.07, 6.45) is 44.6. The zero-order valence-corrected chi connectivity index (χ0v) is 73.1. The van der Waals surface area contributed by atoms with Crippen LogP contribution in [0.15, 0.2) is 388 Å². The van der Waals surface area contributed by atoms with E-state index in [9.17, 15) is 38.4 Å². The fourth-order valence-electron chi connectivity index (χ4n) is 15.4. The zero-order valence-electron chi connectivity index (χ0n) is 73.1. The molecule has 0 aromatic heterocycles. The van der Waals surface area contributed by atoms with Crippen molar-refractivity contribution in [2.45, 2.75) is 10.8 Å². The van der Waals surface area contributed by atoms with E-state index in [0.717, 1.165) is 0 Å². The number of benzene rings is 16. The van der Waals surface area contributed by atoms with E-state index >= 15 is 0 Å². The molecule has 0 radical (unpaired) electrons. The Bertz CT molecular complexity index is 6850. The number of carbonyl (C=O) groups is 8. The minimum atomic E-state index is -1.26. The first-order valence-electron chi connectivity index (χ1n) is 42.4. The normalized spacial score (nSPS) is 10.5. The standard InChI is InChI=1S/2C61H36O8/c1-5-41-13-9-17-53(37-41)66-57(62)45-21-29-49(30-22-45)61(50-31-23-46(24-32-50)58(63)67-54-18-10-14-42(6-2)38-54,51-33-25-47(26-34-51)59(64)68-55-19-11-15-43(7-3)39-55)52-35-27-48(28-36-52)60(65)69-56-20-12-16-44(8-4)40-56;1-5-41-13-9-17-45(37-41)57(62)66-53-29-21-49(22-30-53)61(50-23-31-54(32-24-50)67-58(63)46-18-10-14-42(6-2)38-46,51-25-33-55(34-26-51)68-59(64)47-19-11-15-43(7-3)39-47)52-27-35-56(36-28-52)69-60(65)48-20-12-16-44(8-4)40-48/h2*1-4,9-40H. The molecule has 0 bridgehead atoms. The first-order chi connectivity index (χ1) is 67.2. The van der Waals surface area contributed by atoms with Crippen LogP contribution in [0.2, 0.25) is 0 Å². The molecule has 0 aliphatic rings. The van der Waals surface area contributed by atoms with E-state index in [2.05, 4.69) is 47.4 Å². The van der Waals surface area contributed by atoms with Crippen molar-refractivity contribution in [3.8, 4) is 145 Å². The third-order valence-electron chi connectivity index (χ3n) is 22.1. The molecule has 16 aromatic rings. The molecule has 0 spiro atoms. The van der Waals surface area contributed by atoms with Crippen LogP contribution in [0, 0.1) is 98.8 Å². The van der Waals surface area contributed by atoms with Gasteiger partial charge in [0.05, 0.1) is 55.3 Å². The molecule has 0 N–H and O–H groups in total. The second-order valence-electron chi connectivity index (χ2n) is 30.6. The highest BCUT2D eigenvalue weighted by Crippen LogP contribution is 2.49. The third kappa shape index (κ3) is 21.3. The van der Waals surface area contributed by atoms with Crippen LogP contribution < -0.4 is 37.9 Å². The van der Waals surface area contributed by atoms with E-state index in [-0.39, 0.29) is 90.5 Å². The van der Waals surface area contributed by atoms with Gasteiger partial charge in [0.1, 0.15) is 46.0 Å². The highest BCUT2D eigenvalue weighted by molar-refractivity contribution is 5.97. The molecule has 16 heteroatoms. The largest absolute Gasteiger partial charge is 0.423 e. The lowest BCUT2D eigenvalue weighted by atomic mass is 9.65. The fourth-order valence-corrected chi connectivity index (χ4v) is 15.4. The fraction of sp³-hybridized carbons (Fsp3) is 0.0164. The molecule has 0 saturated heterocycles. The molecule has 16 nitrogen and oxygen atoms in total. The highest BCUT2D eigenvalue weighted by atomic mass is 16.6. The molecule has 656 valence electrons. The lowest BCUT2D eigenvalue weighted by molar-refractivity contribution is 0.0725. The second kappa shape index (κ2) is 42.5. The summed E-state index contributed by atoms with van der Waals surface area (Å²) in [4.78, 5) is 107. The van der Waals surface area contributed by atoms with Crippen molar-refractivity contribution < 1.29 is 76.3 Å². The molecule has 0 fully saturated rings. The quantitative estimate of drug-likeness (QED) is 0.0238. The van der Waals surface area contributed by atoms with Gasteiger partial charge in [0.2, 0.25) is 0 Å². The number of rotatable bonds is 24. The molecule has 0 atom stereocenters. The summed E-state index contributed by atoms with van der Waals surface area (Å²) in [6.45, 7) is 0. The van der Waals surface area contributed by atoms with Gasteiger partial charge in [-0.25, -0.2) is 38.4 Å². The van der Waals surface area contributed by atoms with Crippen LogP contribution in [0.4, 0.5) is 0 Å². The van der Waals surface area contributed by atoms with Crippen LogP contribution in [-0.2, 0) is 10.8 Å².